The molecule has 0 bridgehead atoms. The molecule has 0 aliphatic heterocycles. The lowest BCUT2D eigenvalue weighted by Gasteiger charge is -2.05. The van der Waals surface area contributed by atoms with E-state index in [1.807, 2.05) is 36.0 Å². The van der Waals surface area contributed by atoms with Gasteiger partial charge in [-0.2, -0.15) is 0 Å². The average Bonchev–Trinajstić information content (AvgIpc) is 2.76. The number of ether oxygens (including phenoxy) is 1. The second kappa shape index (κ2) is 4.03. The second-order valence-electron chi connectivity index (χ2n) is 4.01. The first kappa shape index (κ1) is 10.6. The molecule has 18 heavy (non-hydrogen) atoms. The van der Waals surface area contributed by atoms with Crippen LogP contribution in [0, 0.1) is 0 Å². The third-order valence-electron chi connectivity index (χ3n) is 2.72. The molecule has 3 aromatic rings. The molecule has 0 atom stereocenters. The van der Waals surface area contributed by atoms with Crippen LogP contribution >= 0.6 is 0 Å². The van der Waals surface area contributed by atoms with Gasteiger partial charge in [0.15, 0.2) is 0 Å². The first-order valence-corrected chi connectivity index (χ1v) is 5.53. The Morgan fingerprint density at radius 3 is 2.67 bits per heavy atom. The van der Waals surface area contributed by atoms with Crippen molar-refractivity contribution in [2.45, 2.75) is 0 Å². The molecule has 2 aromatic heterocycles. The van der Waals surface area contributed by atoms with Crippen molar-refractivity contribution in [1.82, 2.24) is 14.5 Å². The zero-order valence-corrected chi connectivity index (χ0v) is 9.87. The van der Waals surface area contributed by atoms with Gasteiger partial charge in [0.25, 0.3) is 0 Å². The highest BCUT2D eigenvalue weighted by atomic mass is 16.5. The molecule has 5 heteroatoms. The van der Waals surface area contributed by atoms with Gasteiger partial charge in [-0.15, -0.1) is 0 Å². The SMILES string of the molecule is Cn1ccc2c(Oc3ccc(N)cc3)ncnc21. The van der Waals surface area contributed by atoms with Crippen LogP contribution in [0.1, 0.15) is 0 Å². The van der Waals surface area contributed by atoms with Crippen LogP contribution in [0.25, 0.3) is 11.0 Å². The Balaban J connectivity index is 2.02. The van der Waals surface area contributed by atoms with E-state index in [1.165, 1.54) is 6.33 Å². The van der Waals surface area contributed by atoms with Gasteiger partial charge in [-0.25, -0.2) is 9.97 Å². The number of rotatable bonds is 2. The fourth-order valence-electron chi connectivity index (χ4n) is 1.78. The Labute approximate surface area is 104 Å². The summed E-state index contributed by atoms with van der Waals surface area (Å²) in [6.07, 6.45) is 3.42. The summed E-state index contributed by atoms with van der Waals surface area (Å²) in [5, 5.41) is 0.886. The largest absolute Gasteiger partial charge is 0.438 e. The molecule has 0 fully saturated rings. The number of hydrogen-bond acceptors (Lipinski definition) is 4. The van der Waals surface area contributed by atoms with E-state index in [2.05, 4.69) is 9.97 Å². The minimum absolute atomic E-state index is 0.547. The van der Waals surface area contributed by atoms with E-state index in [0.29, 0.717) is 17.3 Å². The molecule has 3 rings (SSSR count). The predicted molar refractivity (Wildman–Crippen MR) is 69.4 cm³/mol. The van der Waals surface area contributed by atoms with Crippen LogP contribution in [0.15, 0.2) is 42.9 Å². The summed E-state index contributed by atoms with van der Waals surface area (Å²) >= 11 is 0. The number of hydrogen-bond donors (Lipinski definition) is 1. The molecule has 2 N–H and O–H groups in total. The summed E-state index contributed by atoms with van der Waals surface area (Å²) in [5.74, 6) is 1.25. The van der Waals surface area contributed by atoms with E-state index in [4.69, 9.17) is 10.5 Å². The molecule has 0 spiro atoms. The molecule has 2 heterocycles. The number of aryl methyl sites for hydroxylation is 1. The Bertz CT molecular complexity index is 688. The Hall–Kier alpha value is -2.56. The summed E-state index contributed by atoms with van der Waals surface area (Å²) in [7, 11) is 1.93. The lowest BCUT2D eigenvalue weighted by atomic mass is 10.3. The monoisotopic (exact) mass is 240 g/mol. The summed E-state index contributed by atoms with van der Waals surface area (Å²) in [6, 6.07) is 9.14. The van der Waals surface area contributed by atoms with Crippen LogP contribution in [0.3, 0.4) is 0 Å². The standard InChI is InChI=1S/C13H12N4O/c1-17-7-6-11-12(17)15-8-16-13(11)18-10-4-2-9(14)3-5-10/h2-8H,14H2,1H3. The van der Waals surface area contributed by atoms with Gasteiger partial charge in [-0.1, -0.05) is 0 Å². The maximum absolute atomic E-state index is 5.74. The van der Waals surface area contributed by atoms with E-state index in [-0.39, 0.29) is 0 Å². The van der Waals surface area contributed by atoms with Crippen molar-refractivity contribution in [3.63, 3.8) is 0 Å². The highest BCUT2D eigenvalue weighted by Crippen LogP contribution is 2.27. The van der Waals surface area contributed by atoms with E-state index < -0.39 is 0 Å². The molecule has 0 aliphatic rings. The number of nitrogens with zero attached hydrogens (tertiary/aromatic N) is 3. The summed E-state index contributed by atoms with van der Waals surface area (Å²) in [5.41, 5.74) is 7.18. The van der Waals surface area contributed by atoms with Crippen LogP contribution in [0.5, 0.6) is 11.6 Å². The van der Waals surface area contributed by atoms with Gasteiger partial charge in [0, 0.05) is 18.9 Å². The van der Waals surface area contributed by atoms with Gasteiger partial charge < -0.3 is 15.0 Å². The second-order valence-corrected chi connectivity index (χ2v) is 4.01. The highest BCUT2D eigenvalue weighted by Gasteiger charge is 2.08. The third-order valence-corrected chi connectivity index (χ3v) is 2.72. The summed E-state index contributed by atoms with van der Waals surface area (Å²) < 4.78 is 7.66. The molecular formula is C13H12N4O. The number of benzene rings is 1. The average molecular weight is 240 g/mol. The van der Waals surface area contributed by atoms with Crippen molar-refractivity contribution in [1.29, 1.82) is 0 Å². The van der Waals surface area contributed by atoms with Crippen LogP contribution < -0.4 is 10.5 Å². The van der Waals surface area contributed by atoms with E-state index in [1.54, 1.807) is 12.1 Å². The first-order chi connectivity index (χ1) is 8.74. The molecule has 90 valence electrons. The predicted octanol–water partition coefficient (Wildman–Crippen LogP) is 2.34. The minimum atomic E-state index is 0.547. The molecule has 1 aromatic carbocycles. The van der Waals surface area contributed by atoms with E-state index in [0.717, 1.165) is 11.0 Å². The molecule has 0 amide bonds. The fraction of sp³-hybridized carbons (Fsp3) is 0.0769. The van der Waals surface area contributed by atoms with Gasteiger partial charge >= 0.3 is 0 Å². The number of anilines is 1. The van der Waals surface area contributed by atoms with Crippen LogP contribution in [-0.4, -0.2) is 14.5 Å². The number of aromatic nitrogens is 3. The number of fused-ring (bicyclic) bond motifs is 1. The quantitative estimate of drug-likeness (QED) is 0.698. The summed E-state index contributed by atoms with van der Waals surface area (Å²) in [4.78, 5) is 8.37. The van der Waals surface area contributed by atoms with Gasteiger partial charge in [0.05, 0.1) is 5.39 Å². The highest BCUT2D eigenvalue weighted by molar-refractivity contribution is 5.81. The van der Waals surface area contributed by atoms with Crippen molar-refractivity contribution in [2.24, 2.45) is 7.05 Å². The smallest absolute Gasteiger partial charge is 0.231 e. The van der Waals surface area contributed by atoms with Crippen molar-refractivity contribution >= 4 is 16.7 Å². The molecule has 0 radical (unpaired) electrons. The zero-order chi connectivity index (χ0) is 12.5. The zero-order valence-electron chi connectivity index (χ0n) is 9.87. The first-order valence-electron chi connectivity index (χ1n) is 5.53. The molecule has 5 nitrogen and oxygen atoms in total. The van der Waals surface area contributed by atoms with Gasteiger partial charge in [0.2, 0.25) is 5.88 Å². The molecule has 0 saturated heterocycles. The molecule has 0 unspecified atom stereocenters. The molecular weight excluding hydrogens is 228 g/mol. The van der Waals surface area contributed by atoms with Crippen LogP contribution in [0.2, 0.25) is 0 Å². The lowest BCUT2D eigenvalue weighted by molar-refractivity contribution is 0.468. The van der Waals surface area contributed by atoms with Crippen molar-refractivity contribution in [3.8, 4) is 11.6 Å². The van der Waals surface area contributed by atoms with Crippen molar-refractivity contribution < 1.29 is 4.74 Å². The normalized spacial score (nSPS) is 10.7. The molecule has 0 saturated carbocycles. The Morgan fingerprint density at radius 2 is 1.89 bits per heavy atom. The fourth-order valence-corrected chi connectivity index (χ4v) is 1.78. The van der Waals surface area contributed by atoms with Gasteiger partial charge in [-0.3, -0.25) is 0 Å². The minimum Gasteiger partial charge on any atom is -0.438 e. The van der Waals surface area contributed by atoms with Gasteiger partial charge in [0.1, 0.15) is 17.7 Å². The third kappa shape index (κ3) is 1.75. The van der Waals surface area contributed by atoms with Crippen LogP contribution in [0.4, 0.5) is 5.69 Å². The van der Waals surface area contributed by atoms with E-state index >= 15 is 0 Å². The van der Waals surface area contributed by atoms with Crippen molar-refractivity contribution in [2.75, 3.05) is 5.73 Å². The number of nitrogen functional groups attached to an aromatic ring is 1. The van der Waals surface area contributed by atoms with Crippen LogP contribution in [-0.2, 0) is 7.05 Å². The van der Waals surface area contributed by atoms with Gasteiger partial charge in [-0.05, 0) is 30.3 Å². The molecule has 0 aliphatic carbocycles. The summed E-state index contributed by atoms with van der Waals surface area (Å²) in [6.45, 7) is 0. The lowest BCUT2D eigenvalue weighted by Crippen LogP contribution is -1.93. The Kier molecular flexibility index (Phi) is 2.37. The Morgan fingerprint density at radius 1 is 1.11 bits per heavy atom. The van der Waals surface area contributed by atoms with Crippen molar-refractivity contribution in [3.05, 3.63) is 42.9 Å². The topological polar surface area (TPSA) is 66.0 Å². The maximum atomic E-state index is 5.74. The van der Waals surface area contributed by atoms with E-state index in [9.17, 15) is 0 Å². The maximum Gasteiger partial charge on any atom is 0.231 e. The number of nitrogens with two attached hydrogens (primary N) is 1.